The molecule has 0 aliphatic heterocycles. The second kappa shape index (κ2) is 6.12. The number of fused-ring (bicyclic) bond motifs is 1. The van der Waals surface area contributed by atoms with Crippen molar-refractivity contribution in [3.63, 3.8) is 0 Å². The molecular weight excluding hydrogens is 356 g/mol. The van der Waals surface area contributed by atoms with E-state index in [1.54, 1.807) is 23.0 Å². The predicted octanol–water partition coefficient (Wildman–Crippen LogP) is 3.60. The first kappa shape index (κ1) is 15.7. The lowest BCUT2D eigenvalue weighted by Crippen LogP contribution is -2.27. The molecule has 0 saturated heterocycles. The normalized spacial score (nSPS) is 12.3. The van der Waals surface area contributed by atoms with Crippen LogP contribution in [0.25, 0.3) is 5.65 Å². The average molecular weight is 373 g/mol. The Hall–Kier alpha value is -2.21. The molecule has 1 atom stereocenters. The summed E-state index contributed by atoms with van der Waals surface area (Å²) in [5.74, 6) is -0.209. The smallest absolute Gasteiger partial charge is 0.272 e. The van der Waals surface area contributed by atoms with Gasteiger partial charge in [0.25, 0.3) is 5.91 Å². The Bertz CT molecular complexity index is 887. The van der Waals surface area contributed by atoms with Crippen molar-refractivity contribution < 1.29 is 4.79 Å². The molecule has 5 nitrogen and oxygen atoms in total. The van der Waals surface area contributed by atoms with Crippen LogP contribution in [0.1, 0.15) is 40.1 Å². The molecule has 23 heavy (non-hydrogen) atoms. The standard InChI is InChI=1S/C17H17BrN4O/c1-10-4-5-14(11(2)6-10)12(3)20-17(23)15-7-16-19-8-13(18)9-22(16)21-15/h4-9,12H,1-3H3,(H,20,23)/t12-/m0/s1. The van der Waals surface area contributed by atoms with Gasteiger partial charge in [0.05, 0.1) is 10.5 Å². The monoisotopic (exact) mass is 372 g/mol. The summed E-state index contributed by atoms with van der Waals surface area (Å²) in [5.41, 5.74) is 4.47. The van der Waals surface area contributed by atoms with Gasteiger partial charge in [-0.15, -0.1) is 0 Å². The molecule has 0 fully saturated rings. The lowest BCUT2D eigenvalue weighted by atomic mass is 10.0. The summed E-state index contributed by atoms with van der Waals surface area (Å²) in [7, 11) is 0. The Kier molecular flexibility index (Phi) is 4.17. The molecule has 0 aliphatic rings. The number of hydrogen-bond donors (Lipinski definition) is 1. The Morgan fingerprint density at radius 1 is 1.30 bits per heavy atom. The zero-order chi connectivity index (χ0) is 16.6. The maximum atomic E-state index is 12.4. The maximum absolute atomic E-state index is 12.4. The number of halogens is 1. The number of rotatable bonds is 3. The van der Waals surface area contributed by atoms with Crippen molar-refractivity contribution in [2.45, 2.75) is 26.8 Å². The fourth-order valence-electron chi connectivity index (χ4n) is 2.62. The van der Waals surface area contributed by atoms with E-state index in [4.69, 9.17) is 0 Å². The van der Waals surface area contributed by atoms with Crippen LogP contribution in [0.15, 0.2) is 41.1 Å². The fourth-order valence-corrected chi connectivity index (χ4v) is 2.92. The molecule has 0 bridgehead atoms. The van der Waals surface area contributed by atoms with Gasteiger partial charge in [-0.1, -0.05) is 23.8 Å². The number of carbonyl (C=O) groups excluding carboxylic acids is 1. The van der Waals surface area contributed by atoms with Crippen LogP contribution in [0.4, 0.5) is 0 Å². The zero-order valence-electron chi connectivity index (χ0n) is 13.2. The summed E-state index contributed by atoms with van der Waals surface area (Å²) in [5, 5.41) is 7.26. The number of nitrogens with one attached hydrogen (secondary N) is 1. The Morgan fingerprint density at radius 3 is 2.83 bits per heavy atom. The van der Waals surface area contributed by atoms with Crippen molar-refractivity contribution in [2.75, 3.05) is 0 Å². The number of amides is 1. The summed E-state index contributed by atoms with van der Waals surface area (Å²) in [6, 6.07) is 7.81. The highest BCUT2D eigenvalue weighted by molar-refractivity contribution is 9.10. The molecule has 0 spiro atoms. The molecule has 2 aromatic heterocycles. The summed E-state index contributed by atoms with van der Waals surface area (Å²) < 4.78 is 2.39. The topological polar surface area (TPSA) is 59.3 Å². The van der Waals surface area contributed by atoms with Crippen molar-refractivity contribution in [1.29, 1.82) is 0 Å². The van der Waals surface area contributed by atoms with E-state index in [1.807, 2.05) is 6.92 Å². The lowest BCUT2D eigenvalue weighted by Gasteiger charge is -2.16. The lowest BCUT2D eigenvalue weighted by molar-refractivity contribution is 0.0934. The van der Waals surface area contributed by atoms with Crippen LogP contribution in [0, 0.1) is 13.8 Å². The van der Waals surface area contributed by atoms with Crippen molar-refractivity contribution in [3.8, 4) is 0 Å². The Labute approximate surface area is 142 Å². The highest BCUT2D eigenvalue weighted by atomic mass is 79.9. The number of aromatic nitrogens is 3. The van der Waals surface area contributed by atoms with Crippen molar-refractivity contribution >= 4 is 27.5 Å². The Morgan fingerprint density at radius 2 is 2.09 bits per heavy atom. The van der Waals surface area contributed by atoms with Crippen molar-refractivity contribution in [1.82, 2.24) is 19.9 Å². The second-order valence-electron chi connectivity index (χ2n) is 5.66. The van der Waals surface area contributed by atoms with Crippen LogP contribution in [0.2, 0.25) is 0 Å². The van der Waals surface area contributed by atoms with Gasteiger partial charge < -0.3 is 5.32 Å². The zero-order valence-corrected chi connectivity index (χ0v) is 14.8. The molecule has 0 unspecified atom stereocenters. The number of hydrogen-bond acceptors (Lipinski definition) is 3. The third kappa shape index (κ3) is 3.27. The molecule has 1 aromatic carbocycles. The molecule has 0 radical (unpaired) electrons. The van der Waals surface area contributed by atoms with Crippen LogP contribution in [0.5, 0.6) is 0 Å². The van der Waals surface area contributed by atoms with Gasteiger partial charge in [-0.25, -0.2) is 9.50 Å². The molecule has 0 aliphatic carbocycles. The molecule has 1 N–H and O–H groups in total. The van der Waals surface area contributed by atoms with Gasteiger partial charge in [-0.05, 0) is 47.8 Å². The van der Waals surface area contributed by atoms with Gasteiger partial charge >= 0.3 is 0 Å². The van der Waals surface area contributed by atoms with Crippen LogP contribution in [-0.4, -0.2) is 20.5 Å². The van der Waals surface area contributed by atoms with Gasteiger partial charge in [0.15, 0.2) is 11.3 Å². The van der Waals surface area contributed by atoms with Gasteiger partial charge in [0.2, 0.25) is 0 Å². The average Bonchev–Trinajstić information content (AvgIpc) is 2.90. The van der Waals surface area contributed by atoms with Gasteiger partial charge in [0, 0.05) is 18.5 Å². The first-order valence-corrected chi connectivity index (χ1v) is 8.12. The van der Waals surface area contributed by atoms with Crippen LogP contribution >= 0.6 is 15.9 Å². The van der Waals surface area contributed by atoms with Crippen LogP contribution < -0.4 is 5.32 Å². The van der Waals surface area contributed by atoms with E-state index in [2.05, 4.69) is 63.4 Å². The first-order chi connectivity index (χ1) is 10.9. The molecule has 0 saturated carbocycles. The van der Waals surface area contributed by atoms with Gasteiger partial charge in [-0.2, -0.15) is 5.10 Å². The first-order valence-electron chi connectivity index (χ1n) is 7.33. The van der Waals surface area contributed by atoms with Crippen molar-refractivity contribution in [2.24, 2.45) is 0 Å². The molecule has 3 rings (SSSR count). The van der Waals surface area contributed by atoms with Crippen molar-refractivity contribution in [3.05, 3.63) is 63.5 Å². The molecule has 118 valence electrons. The van der Waals surface area contributed by atoms with E-state index in [-0.39, 0.29) is 11.9 Å². The van der Waals surface area contributed by atoms with E-state index in [0.29, 0.717) is 11.3 Å². The number of carbonyl (C=O) groups is 1. The van der Waals surface area contributed by atoms with Crippen LogP contribution in [-0.2, 0) is 0 Å². The SMILES string of the molecule is Cc1ccc([C@H](C)NC(=O)c2cc3ncc(Br)cn3n2)c(C)c1. The summed E-state index contributed by atoms with van der Waals surface area (Å²) in [6.45, 7) is 6.08. The largest absolute Gasteiger partial charge is 0.344 e. The van der Waals surface area contributed by atoms with E-state index in [9.17, 15) is 4.79 Å². The summed E-state index contributed by atoms with van der Waals surface area (Å²) >= 11 is 3.34. The predicted molar refractivity (Wildman–Crippen MR) is 92.5 cm³/mol. The number of aryl methyl sites for hydroxylation is 2. The maximum Gasteiger partial charge on any atom is 0.272 e. The summed E-state index contributed by atoms with van der Waals surface area (Å²) in [4.78, 5) is 16.7. The Balaban J connectivity index is 1.82. The molecule has 6 heteroatoms. The van der Waals surface area contributed by atoms with E-state index < -0.39 is 0 Å². The minimum absolute atomic E-state index is 0.0902. The number of benzene rings is 1. The quantitative estimate of drug-likeness (QED) is 0.763. The van der Waals surface area contributed by atoms with Gasteiger partial charge in [0.1, 0.15) is 0 Å². The highest BCUT2D eigenvalue weighted by Gasteiger charge is 2.16. The molecule has 2 heterocycles. The van der Waals surface area contributed by atoms with E-state index in [0.717, 1.165) is 10.0 Å². The molecular formula is C17H17BrN4O. The third-order valence-corrected chi connectivity index (χ3v) is 4.16. The highest BCUT2D eigenvalue weighted by Crippen LogP contribution is 2.19. The van der Waals surface area contributed by atoms with Gasteiger partial charge in [-0.3, -0.25) is 4.79 Å². The van der Waals surface area contributed by atoms with E-state index in [1.165, 1.54) is 11.1 Å². The minimum atomic E-state index is -0.209. The minimum Gasteiger partial charge on any atom is -0.344 e. The van der Waals surface area contributed by atoms with Crippen LogP contribution in [0.3, 0.4) is 0 Å². The fraction of sp³-hybridized carbons (Fsp3) is 0.235. The summed E-state index contributed by atoms with van der Waals surface area (Å²) in [6.07, 6.45) is 3.45. The van der Waals surface area contributed by atoms with E-state index >= 15 is 0 Å². The second-order valence-corrected chi connectivity index (χ2v) is 6.58. The third-order valence-electron chi connectivity index (χ3n) is 3.75. The molecule has 3 aromatic rings. The molecule has 1 amide bonds. The number of nitrogens with zero attached hydrogens (tertiary/aromatic N) is 3.